The van der Waals surface area contributed by atoms with E-state index in [1.165, 1.54) is 19.8 Å². The summed E-state index contributed by atoms with van der Waals surface area (Å²) < 4.78 is 0. The van der Waals surface area contributed by atoms with Crippen molar-refractivity contribution in [1.29, 1.82) is 0 Å². The van der Waals surface area contributed by atoms with Crippen LogP contribution in [-0.4, -0.2) is 87.4 Å². The Bertz CT molecular complexity index is 702. The number of piperazine rings is 1. The van der Waals surface area contributed by atoms with Gasteiger partial charge >= 0.3 is 5.69 Å². The molecule has 1 aromatic rings. The summed E-state index contributed by atoms with van der Waals surface area (Å²) in [6.07, 6.45) is 4.50. The Morgan fingerprint density at radius 2 is 1.67 bits per heavy atom. The number of carbonyl (C=O) groups excluding carboxylic acids is 2. The first-order valence-corrected chi connectivity index (χ1v) is 9.46. The van der Waals surface area contributed by atoms with Crippen LogP contribution in [0.5, 0.6) is 0 Å². The van der Waals surface area contributed by atoms with Gasteiger partial charge in [0.15, 0.2) is 0 Å². The molecule has 0 saturated carbocycles. The van der Waals surface area contributed by atoms with Crippen LogP contribution in [-0.2, 0) is 4.79 Å². The van der Waals surface area contributed by atoms with Crippen LogP contribution in [0.15, 0.2) is 0 Å². The highest BCUT2D eigenvalue weighted by Gasteiger charge is 2.32. The van der Waals surface area contributed by atoms with Crippen LogP contribution in [0, 0.1) is 17.0 Å². The molecule has 1 N–H and O–H groups in total. The van der Waals surface area contributed by atoms with Crippen molar-refractivity contribution in [3.8, 4) is 0 Å². The molecule has 3 rings (SSSR count). The second-order valence-electron chi connectivity index (χ2n) is 7.17. The minimum absolute atomic E-state index is 0.147. The summed E-state index contributed by atoms with van der Waals surface area (Å²) in [5.41, 5.74) is -0.143. The zero-order valence-corrected chi connectivity index (χ0v) is 15.6. The molecule has 2 aliphatic rings. The first-order valence-electron chi connectivity index (χ1n) is 9.46. The van der Waals surface area contributed by atoms with E-state index in [0.717, 1.165) is 25.9 Å². The highest BCUT2D eigenvalue weighted by atomic mass is 16.6. The molecule has 0 spiro atoms. The molecule has 10 heteroatoms. The number of rotatable bonds is 4. The number of hydrogen-bond acceptors (Lipinski definition) is 6. The van der Waals surface area contributed by atoms with Crippen LogP contribution in [0.3, 0.4) is 0 Å². The molecule has 2 fully saturated rings. The number of H-pyrrole nitrogens is 1. The van der Waals surface area contributed by atoms with Crippen LogP contribution >= 0.6 is 0 Å². The van der Waals surface area contributed by atoms with Gasteiger partial charge in [-0.05, 0) is 19.8 Å². The molecule has 2 aliphatic heterocycles. The van der Waals surface area contributed by atoms with Gasteiger partial charge in [0.1, 0.15) is 5.69 Å². The Hall–Kier alpha value is -2.49. The lowest BCUT2D eigenvalue weighted by molar-refractivity contribution is -0.385. The van der Waals surface area contributed by atoms with Gasteiger partial charge in [0.25, 0.3) is 5.91 Å². The van der Waals surface area contributed by atoms with E-state index >= 15 is 0 Å². The zero-order chi connectivity index (χ0) is 19.4. The quantitative estimate of drug-likeness (QED) is 0.612. The van der Waals surface area contributed by atoms with Gasteiger partial charge in [-0.15, -0.1) is 0 Å². The van der Waals surface area contributed by atoms with E-state index in [2.05, 4.69) is 10.2 Å². The molecule has 2 amide bonds. The molecule has 0 unspecified atom stereocenters. The van der Waals surface area contributed by atoms with Gasteiger partial charge in [0, 0.05) is 39.3 Å². The molecule has 27 heavy (non-hydrogen) atoms. The number of hydrogen-bond donors (Lipinski definition) is 1. The summed E-state index contributed by atoms with van der Waals surface area (Å²) >= 11 is 0. The van der Waals surface area contributed by atoms with E-state index in [1.807, 2.05) is 9.80 Å². The monoisotopic (exact) mass is 378 g/mol. The SMILES string of the molecule is Cc1[nH]nc(C(=O)N2CCN(CC(=O)N3CCCCCC3)CC2)c1[N+](=O)[O-]. The summed E-state index contributed by atoms with van der Waals surface area (Å²) in [6, 6.07) is 0. The van der Waals surface area contributed by atoms with Crippen LogP contribution < -0.4 is 0 Å². The number of nitrogens with one attached hydrogen (secondary N) is 1. The molecule has 0 bridgehead atoms. The molecule has 2 saturated heterocycles. The Kier molecular flexibility index (Phi) is 6.04. The lowest BCUT2D eigenvalue weighted by Gasteiger charge is -2.35. The number of aromatic nitrogens is 2. The lowest BCUT2D eigenvalue weighted by Crippen LogP contribution is -2.51. The third-order valence-electron chi connectivity index (χ3n) is 5.28. The van der Waals surface area contributed by atoms with Crippen molar-refractivity contribution in [1.82, 2.24) is 24.9 Å². The third kappa shape index (κ3) is 4.44. The Balaban J connectivity index is 1.53. The minimum Gasteiger partial charge on any atom is -0.342 e. The van der Waals surface area contributed by atoms with Crippen molar-refractivity contribution in [2.75, 3.05) is 45.8 Å². The van der Waals surface area contributed by atoms with E-state index in [-0.39, 0.29) is 23.0 Å². The normalized spacial score (nSPS) is 19.0. The highest BCUT2D eigenvalue weighted by Crippen LogP contribution is 2.22. The molecule has 1 aromatic heterocycles. The number of aromatic amines is 1. The van der Waals surface area contributed by atoms with Crippen molar-refractivity contribution in [3.63, 3.8) is 0 Å². The number of likely N-dealkylation sites (tertiary alicyclic amines) is 1. The van der Waals surface area contributed by atoms with E-state index < -0.39 is 10.8 Å². The molecule has 0 atom stereocenters. The van der Waals surface area contributed by atoms with Crippen molar-refractivity contribution in [2.45, 2.75) is 32.6 Å². The van der Waals surface area contributed by atoms with Crippen LogP contribution in [0.2, 0.25) is 0 Å². The maximum absolute atomic E-state index is 12.6. The molecular formula is C17H26N6O4. The number of nitro groups is 1. The van der Waals surface area contributed by atoms with Crippen molar-refractivity contribution in [2.24, 2.45) is 0 Å². The van der Waals surface area contributed by atoms with Crippen LogP contribution in [0.1, 0.15) is 41.9 Å². The summed E-state index contributed by atoms with van der Waals surface area (Å²) in [7, 11) is 0. The fraction of sp³-hybridized carbons (Fsp3) is 0.706. The van der Waals surface area contributed by atoms with Gasteiger partial charge in [-0.2, -0.15) is 5.10 Å². The molecule has 0 aromatic carbocycles. The molecule has 0 aliphatic carbocycles. The number of aryl methyl sites for hydroxylation is 1. The summed E-state index contributed by atoms with van der Waals surface area (Å²) in [5, 5.41) is 17.5. The van der Waals surface area contributed by atoms with E-state index in [4.69, 9.17) is 0 Å². The predicted octanol–water partition coefficient (Wildman–Crippen LogP) is 0.787. The zero-order valence-electron chi connectivity index (χ0n) is 15.6. The van der Waals surface area contributed by atoms with Crippen LogP contribution in [0.4, 0.5) is 5.69 Å². The fourth-order valence-corrected chi connectivity index (χ4v) is 3.67. The maximum Gasteiger partial charge on any atom is 0.322 e. The average molecular weight is 378 g/mol. The molecule has 10 nitrogen and oxygen atoms in total. The lowest BCUT2D eigenvalue weighted by atomic mass is 10.2. The number of amides is 2. The summed E-state index contributed by atoms with van der Waals surface area (Å²) in [4.78, 5) is 41.2. The standard InChI is InChI=1S/C17H26N6O4/c1-13-16(23(26)27)15(19-18-13)17(25)22-10-8-20(9-11-22)12-14(24)21-6-4-2-3-5-7-21/h2-12H2,1H3,(H,18,19). The molecular weight excluding hydrogens is 352 g/mol. The Labute approximate surface area is 157 Å². The Morgan fingerprint density at radius 3 is 2.26 bits per heavy atom. The predicted molar refractivity (Wildman–Crippen MR) is 97.4 cm³/mol. The van der Waals surface area contributed by atoms with Gasteiger partial charge in [0.2, 0.25) is 11.6 Å². The fourth-order valence-electron chi connectivity index (χ4n) is 3.67. The largest absolute Gasteiger partial charge is 0.342 e. The number of carbonyl (C=O) groups is 2. The molecule has 0 radical (unpaired) electrons. The smallest absolute Gasteiger partial charge is 0.322 e. The topological polar surface area (TPSA) is 116 Å². The van der Waals surface area contributed by atoms with E-state index in [1.54, 1.807) is 4.90 Å². The average Bonchev–Trinajstić information content (AvgIpc) is 2.86. The van der Waals surface area contributed by atoms with E-state index in [0.29, 0.717) is 32.7 Å². The van der Waals surface area contributed by atoms with Gasteiger partial charge in [-0.1, -0.05) is 12.8 Å². The minimum atomic E-state index is -0.581. The van der Waals surface area contributed by atoms with Crippen molar-refractivity contribution in [3.05, 3.63) is 21.5 Å². The maximum atomic E-state index is 12.6. The second kappa shape index (κ2) is 8.47. The highest BCUT2D eigenvalue weighted by molar-refractivity contribution is 5.96. The van der Waals surface area contributed by atoms with Gasteiger partial charge in [0.05, 0.1) is 11.5 Å². The Morgan fingerprint density at radius 1 is 1.04 bits per heavy atom. The first kappa shape index (κ1) is 19.3. The van der Waals surface area contributed by atoms with E-state index in [9.17, 15) is 19.7 Å². The number of nitrogens with zero attached hydrogens (tertiary/aromatic N) is 5. The van der Waals surface area contributed by atoms with Crippen molar-refractivity contribution < 1.29 is 14.5 Å². The second-order valence-corrected chi connectivity index (χ2v) is 7.17. The third-order valence-corrected chi connectivity index (χ3v) is 5.28. The summed E-state index contributed by atoms with van der Waals surface area (Å²) in [6.45, 7) is 5.55. The van der Waals surface area contributed by atoms with Crippen LogP contribution in [0.25, 0.3) is 0 Å². The van der Waals surface area contributed by atoms with Crippen molar-refractivity contribution >= 4 is 17.5 Å². The summed E-state index contributed by atoms with van der Waals surface area (Å²) in [5.74, 6) is -0.292. The first-order chi connectivity index (χ1) is 13.0. The molecule has 3 heterocycles. The molecule has 148 valence electrons. The van der Waals surface area contributed by atoms with Gasteiger partial charge < -0.3 is 9.80 Å². The van der Waals surface area contributed by atoms with Gasteiger partial charge in [-0.3, -0.25) is 29.7 Å². The van der Waals surface area contributed by atoms with Gasteiger partial charge in [-0.25, -0.2) is 0 Å².